The third-order valence-electron chi connectivity index (χ3n) is 4.49. The van der Waals surface area contributed by atoms with Gasteiger partial charge >= 0.3 is 0 Å². The fourth-order valence-electron chi connectivity index (χ4n) is 3.47. The van der Waals surface area contributed by atoms with E-state index in [1.165, 1.54) is 23.4 Å². The molecule has 0 radical (unpaired) electrons. The van der Waals surface area contributed by atoms with E-state index < -0.39 is 0 Å². The van der Waals surface area contributed by atoms with Crippen LogP contribution in [0.25, 0.3) is 0 Å². The molecule has 0 aromatic carbocycles. The molecule has 4 heteroatoms. The first-order chi connectivity index (χ1) is 10.3. The van der Waals surface area contributed by atoms with Gasteiger partial charge in [-0.2, -0.15) is 5.10 Å². The van der Waals surface area contributed by atoms with Gasteiger partial charge in [-0.15, -0.1) is 0 Å². The summed E-state index contributed by atoms with van der Waals surface area (Å²) in [6.45, 7) is 11.6. The minimum atomic E-state index is 0.423. The first-order valence-corrected chi connectivity index (χ1v) is 8.67. The monoisotopic (exact) mass is 293 g/mol. The first kappa shape index (κ1) is 16.5. The van der Waals surface area contributed by atoms with E-state index in [-0.39, 0.29) is 0 Å². The normalized spacial score (nSPS) is 20.7. The smallest absolute Gasteiger partial charge is 0.0756 e. The van der Waals surface area contributed by atoms with Crippen molar-refractivity contribution in [3.8, 4) is 0 Å². The van der Waals surface area contributed by atoms with Crippen LogP contribution in [-0.4, -0.2) is 29.5 Å². The van der Waals surface area contributed by atoms with Gasteiger partial charge in [-0.3, -0.25) is 4.68 Å². The molecule has 120 valence electrons. The van der Waals surface area contributed by atoms with E-state index in [0.717, 1.165) is 45.4 Å². The summed E-state index contributed by atoms with van der Waals surface area (Å²) < 4.78 is 7.96. The van der Waals surface area contributed by atoms with E-state index >= 15 is 0 Å². The van der Waals surface area contributed by atoms with Crippen LogP contribution in [0.4, 0.5) is 0 Å². The van der Waals surface area contributed by atoms with Gasteiger partial charge in [0.15, 0.2) is 0 Å². The fraction of sp³-hybridized carbons (Fsp3) is 0.824. The molecule has 2 unspecified atom stereocenters. The summed E-state index contributed by atoms with van der Waals surface area (Å²) in [6, 6.07) is 0.852. The molecule has 0 amide bonds. The van der Waals surface area contributed by atoms with E-state index in [4.69, 9.17) is 9.84 Å². The van der Waals surface area contributed by atoms with Gasteiger partial charge in [-0.25, -0.2) is 0 Å². The Labute approximate surface area is 129 Å². The SMILES string of the molecule is CCNC(CC)c1c(CC)nn(C2CCCOC2)c1CC. The molecule has 1 aliphatic rings. The molecule has 2 atom stereocenters. The molecule has 2 heterocycles. The standard InChI is InChI=1S/C17H31N3O/c1-5-14(18-8-4)17-15(6-2)19-20(16(17)7-3)13-10-9-11-21-12-13/h13-14,18H,5-12H2,1-4H3. The highest BCUT2D eigenvalue weighted by molar-refractivity contribution is 5.31. The van der Waals surface area contributed by atoms with E-state index in [2.05, 4.69) is 37.7 Å². The number of nitrogens with one attached hydrogen (secondary N) is 1. The van der Waals surface area contributed by atoms with E-state index in [0.29, 0.717) is 12.1 Å². The van der Waals surface area contributed by atoms with Gasteiger partial charge in [0.1, 0.15) is 0 Å². The van der Waals surface area contributed by atoms with Crippen molar-refractivity contribution in [2.45, 2.75) is 71.9 Å². The Hall–Kier alpha value is -0.870. The van der Waals surface area contributed by atoms with Gasteiger partial charge in [0, 0.05) is 23.9 Å². The lowest BCUT2D eigenvalue weighted by atomic mass is 9.98. The van der Waals surface area contributed by atoms with Crippen molar-refractivity contribution in [3.63, 3.8) is 0 Å². The van der Waals surface area contributed by atoms with Crippen molar-refractivity contribution in [1.82, 2.24) is 15.1 Å². The molecule has 0 bridgehead atoms. The van der Waals surface area contributed by atoms with Gasteiger partial charge in [0.05, 0.1) is 18.3 Å². The van der Waals surface area contributed by atoms with E-state index in [1.807, 2.05) is 0 Å². The van der Waals surface area contributed by atoms with Crippen LogP contribution >= 0.6 is 0 Å². The lowest BCUT2D eigenvalue weighted by Crippen LogP contribution is -2.25. The second-order valence-electron chi connectivity index (χ2n) is 5.85. The zero-order chi connectivity index (χ0) is 15.2. The second-order valence-corrected chi connectivity index (χ2v) is 5.85. The number of aryl methyl sites for hydroxylation is 1. The highest BCUT2D eigenvalue weighted by Crippen LogP contribution is 2.30. The summed E-state index contributed by atoms with van der Waals surface area (Å²) in [7, 11) is 0. The number of ether oxygens (including phenoxy) is 1. The molecule has 0 saturated carbocycles. The van der Waals surface area contributed by atoms with Crippen molar-refractivity contribution in [3.05, 3.63) is 17.0 Å². The highest BCUT2D eigenvalue weighted by Gasteiger charge is 2.26. The maximum absolute atomic E-state index is 5.68. The maximum Gasteiger partial charge on any atom is 0.0756 e. The molecule has 1 fully saturated rings. The van der Waals surface area contributed by atoms with Gasteiger partial charge in [-0.05, 0) is 38.6 Å². The molecule has 1 aromatic heterocycles. The zero-order valence-electron chi connectivity index (χ0n) is 14.1. The second kappa shape index (κ2) is 7.95. The Morgan fingerprint density at radius 2 is 2.10 bits per heavy atom. The Kier molecular flexibility index (Phi) is 6.24. The molecule has 2 rings (SSSR count). The van der Waals surface area contributed by atoms with Crippen molar-refractivity contribution in [2.75, 3.05) is 19.8 Å². The van der Waals surface area contributed by atoms with Gasteiger partial charge < -0.3 is 10.1 Å². The lowest BCUT2D eigenvalue weighted by Gasteiger charge is -2.25. The largest absolute Gasteiger partial charge is 0.379 e. The summed E-state index contributed by atoms with van der Waals surface area (Å²) >= 11 is 0. The van der Waals surface area contributed by atoms with Crippen LogP contribution in [0.5, 0.6) is 0 Å². The molecule has 4 nitrogen and oxygen atoms in total. The van der Waals surface area contributed by atoms with Gasteiger partial charge in [0.2, 0.25) is 0 Å². The number of rotatable bonds is 7. The number of hydrogen-bond donors (Lipinski definition) is 1. The predicted molar refractivity (Wildman–Crippen MR) is 86.8 cm³/mol. The quantitative estimate of drug-likeness (QED) is 0.837. The third-order valence-corrected chi connectivity index (χ3v) is 4.49. The maximum atomic E-state index is 5.68. The zero-order valence-corrected chi connectivity index (χ0v) is 14.1. The number of aromatic nitrogens is 2. The Morgan fingerprint density at radius 1 is 1.29 bits per heavy atom. The van der Waals surface area contributed by atoms with E-state index in [9.17, 15) is 0 Å². The van der Waals surface area contributed by atoms with Crippen molar-refractivity contribution in [1.29, 1.82) is 0 Å². The van der Waals surface area contributed by atoms with Crippen LogP contribution in [0.1, 0.15) is 76.0 Å². The summed E-state index contributed by atoms with van der Waals surface area (Å²) in [4.78, 5) is 0. The molecule has 0 aliphatic carbocycles. The molecule has 1 aliphatic heterocycles. The summed E-state index contributed by atoms with van der Waals surface area (Å²) in [5.74, 6) is 0. The summed E-state index contributed by atoms with van der Waals surface area (Å²) in [6.07, 6.45) is 5.50. The van der Waals surface area contributed by atoms with Crippen LogP contribution in [0.15, 0.2) is 0 Å². The van der Waals surface area contributed by atoms with Crippen LogP contribution in [0.2, 0.25) is 0 Å². The number of hydrogen-bond acceptors (Lipinski definition) is 3. The average Bonchev–Trinajstić information content (AvgIpc) is 2.91. The molecule has 21 heavy (non-hydrogen) atoms. The fourth-order valence-corrected chi connectivity index (χ4v) is 3.47. The molecular formula is C17H31N3O. The third kappa shape index (κ3) is 3.49. The highest BCUT2D eigenvalue weighted by atomic mass is 16.5. The predicted octanol–water partition coefficient (Wildman–Crippen LogP) is 3.42. The minimum Gasteiger partial charge on any atom is -0.379 e. The van der Waals surface area contributed by atoms with E-state index in [1.54, 1.807) is 0 Å². The van der Waals surface area contributed by atoms with Gasteiger partial charge in [-0.1, -0.05) is 27.7 Å². The first-order valence-electron chi connectivity index (χ1n) is 8.67. The van der Waals surface area contributed by atoms with Crippen LogP contribution < -0.4 is 5.32 Å². The molecule has 1 aromatic rings. The Bertz CT molecular complexity index is 435. The number of nitrogens with zero attached hydrogens (tertiary/aromatic N) is 2. The van der Waals surface area contributed by atoms with Crippen LogP contribution in [0, 0.1) is 0 Å². The van der Waals surface area contributed by atoms with Gasteiger partial charge in [0.25, 0.3) is 0 Å². The molecule has 1 saturated heterocycles. The van der Waals surface area contributed by atoms with Crippen LogP contribution in [0.3, 0.4) is 0 Å². The summed E-state index contributed by atoms with van der Waals surface area (Å²) in [5.41, 5.74) is 4.13. The Morgan fingerprint density at radius 3 is 2.62 bits per heavy atom. The minimum absolute atomic E-state index is 0.423. The average molecular weight is 293 g/mol. The van der Waals surface area contributed by atoms with Crippen molar-refractivity contribution in [2.24, 2.45) is 0 Å². The Balaban J connectivity index is 2.39. The molecule has 1 N–H and O–H groups in total. The summed E-state index contributed by atoms with van der Waals surface area (Å²) in [5, 5.41) is 8.60. The van der Waals surface area contributed by atoms with Crippen molar-refractivity contribution < 1.29 is 4.74 Å². The topological polar surface area (TPSA) is 39.1 Å². The molecular weight excluding hydrogens is 262 g/mol. The van der Waals surface area contributed by atoms with Crippen LogP contribution in [-0.2, 0) is 17.6 Å². The lowest BCUT2D eigenvalue weighted by molar-refractivity contribution is 0.0538. The van der Waals surface area contributed by atoms with Crippen molar-refractivity contribution >= 4 is 0 Å². The molecule has 0 spiro atoms.